The largest absolute Gasteiger partial charge is 0.311 e. The number of benzene rings is 2. The predicted octanol–water partition coefficient (Wildman–Crippen LogP) is 4.97. The van der Waals surface area contributed by atoms with Crippen LogP contribution in [0.4, 0.5) is 5.69 Å². The number of carbonyl (C=O) groups is 2. The zero-order valence-corrected chi connectivity index (χ0v) is 15.5. The van der Waals surface area contributed by atoms with Crippen LogP contribution in [0.25, 0.3) is 0 Å². The third-order valence-corrected chi connectivity index (χ3v) is 4.39. The average molecular weight is 415 g/mol. The first-order valence-electron chi connectivity index (χ1n) is 6.94. The van der Waals surface area contributed by atoms with Crippen LogP contribution in [0.3, 0.4) is 0 Å². The van der Waals surface area contributed by atoms with E-state index < -0.39 is 0 Å². The van der Waals surface area contributed by atoms with Crippen molar-refractivity contribution in [2.45, 2.75) is 6.92 Å². The Bertz CT molecular complexity index is 749. The molecule has 0 saturated carbocycles. The van der Waals surface area contributed by atoms with Crippen molar-refractivity contribution in [1.82, 2.24) is 0 Å². The third-order valence-electron chi connectivity index (χ3n) is 3.34. The number of anilines is 1. The molecule has 0 aromatic heterocycles. The van der Waals surface area contributed by atoms with E-state index in [-0.39, 0.29) is 17.0 Å². The van der Waals surface area contributed by atoms with Crippen molar-refractivity contribution < 1.29 is 9.59 Å². The summed E-state index contributed by atoms with van der Waals surface area (Å²) in [6.45, 7) is 2.29. The summed E-state index contributed by atoms with van der Waals surface area (Å²) in [4.78, 5) is 26.5. The van der Waals surface area contributed by atoms with E-state index in [1.165, 1.54) is 4.90 Å². The standard InChI is InChI=1S/C17H14BrCl2NO2/c1-2-21(16(22)10-18)15-8-7-11(19)9-13(15)17(23)12-5-3-4-6-14(12)20/h3-9H,2,10H2,1H3. The Labute approximate surface area is 153 Å². The van der Waals surface area contributed by atoms with Crippen LogP contribution in [0.2, 0.25) is 10.0 Å². The van der Waals surface area contributed by atoms with E-state index in [9.17, 15) is 9.59 Å². The molecule has 0 N–H and O–H groups in total. The molecule has 0 atom stereocenters. The van der Waals surface area contributed by atoms with E-state index in [0.29, 0.717) is 33.4 Å². The first kappa shape index (κ1) is 18.0. The van der Waals surface area contributed by atoms with Crippen LogP contribution < -0.4 is 4.90 Å². The number of hydrogen-bond donors (Lipinski definition) is 0. The van der Waals surface area contributed by atoms with Crippen LogP contribution in [-0.2, 0) is 4.79 Å². The van der Waals surface area contributed by atoms with Crippen LogP contribution in [0.1, 0.15) is 22.8 Å². The minimum absolute atomic E-state index is 0.136. The highest BCUT2D eigenvalue weighted by molar-refractivity contribution is 9.09. The molecule has 0 saturated heterocycles. The topological polar surface area (TPSA) is 37.4 Å². The molecular formula is C17H14BrCl2NO2. The smallest absolute Gasteiger partial charge is 0.237 e. The molecule has 2 aromatic carbocycles. The molecule has 0 radical (unpaired) electrons. The van der Waals surface area contributed by atoms with Gasteiger partial charge in [0.15, 0.2) is 5.78 Å². The lowest BCUT2D eigenvalue weighted by molar-refractivity contribution is -0.116. The van der Waals surface area contributed by atoms with Gasteiger partial charge in [0, 0.05) is 22.7 Å². The number of amides is 1. The van der Waals surface area contributed by atoms with E-state index in [2.05, 4.69) is 15.9 Å². The lowest BCUT2D eigenvalue weighted by atomic mass is 10.0. The number of carbonyl (C=O) groups excluding carboxylic acids is 2. The second-order valence-corrected chi connectivity index (χ2v) is 6.15. The predicted molar refractivity (Wildman–Crippen MR) is 98.2 cm³/mol. The first-order chi connectivity index (χ1) is 11.0. The minimum Gasteiger partial charge on any atom is -0.311 e. The van der Waals surface area contributed by atoms with Crippen LogP contribution in [0, 0.1) is 0 Å². The molecule has 3 nitrogen and oxygen atoms in total. The van der Waals surface area contributed by atoms with E-state index in [0.717, 1.165) is 0 Å². The fourth-order valence-electron chi connectivity index (χ4n) is 2.27. The van der Waals surface area contributed by atoms with Crippen molar-refractivity contribution in [3.05, 3.63) is 63.6 Å². The summed E-state index contributed by atoms with van der Waals surface area (Å²) in [6.07, 6.45) is 0. The molecule has 0 spiro atoms. The van der Waals surface area contributed by atoms with Crippen molar-refractivity contribution in [2.24, 2.45) is 0 Å². The molecule has 0 aliphatic rings. The second kappa shape index (κ2) is 7.95. The number of alkyl halides is 1. The molecule has 23 heavy (non-hydrogen) atoms. The molecule has 6 heteroatoms. The summed E-state index contributed by atoms with van der Waals surface area (Å²) in [7, 11) is 0. The van der Waals surface area contributed by atoms with Gasteiger partial charge in [-0.05, 0) is 37.3 Å². The van der Waals surface area contributed by atoms with Gasteiger partial charge in [-0.25, -0.2) is 0 Å². The monoisotopic (exact) mass is 413 g/mol. The van der Waals surface area contributed by atoms with Gasteiger partial charge in [0.1, 0.15) is 0 Å². The van der Waals surface area contributed by atoms with E-state index in [1.54, 1.807) is 42.5 Å². The first-order valence-corrected chi connectivity index (χ1v) is 8.82. The number of nitrogens with zero attached hydrogens (tertiary/aromatic N) is 1. The van der Waals surface area contributed by atoms with Gasteiger partial charge in [0.05, 0.1) is 16.0 Å². The molecule has 2 rings (SSSR count). The molecule has 0 aliphatic heterocycles. The van der Waals surface area contributed by atoms with Gasteiger partial charge < -0.3 is 4.90 Å². The van der Waals surface area contributed by atoms with Crippen molar-refractivity contribution in [1.29, 1.82) is 0 Å². The molecule has 0 aliphatic carbocycles. The highest BCUT2D eigenvalue weighted by atomic mass is 79.9. The SMILES string of the molecule is CCN(C(=O)CBr)c1ccc(Cl)cc1C(=O)c1ccccc1Cl. The average Bonchev–Trinajstić information content (AvgIpc) is 2.56. The van der Waals surface area contributed by atoms with Crippen molar-refractivity contribution >= 4 is 56.5 Å². The molecule has 2 aromatic rings. The summed E-state index contributed by atoms with van der Waals surface area (Å²) >= 11 is 15.3. The summed E-state index contributed by atoms with van der Waals surface area (Å²) in [5, 5.41) is 0.952. The van der Waals surface area contributed by atoms with E-state index in [1.807, 2.05) is 6.92 Å². The fourth-order valence-corrected chi connectivity index (χ4v) is 2.97. The Balaban J connectivity index is 2.58. The van der Waals surface area contributed by atoms with Gasteiger partial charge >= 0.3 is 0 Å². The lowest BCUT2D eigenvalue weighted by Gasteiger charge is -2.23. The molecule has 0 heterocycles. The van der Waals surface area contributed by atoms with Gasteiger partial charge in [-0.3, -0.25) is 9.59 Å². The fraction of sp³-hybridized carbons (Fsp3) is 0.176. The maximum Gasteiger partial charge on any atom is 0.237 e. The molecule has 120 valence electrons. The third kappa shape index (κ3) is 3.94. The maximum absolute atomic E-state index is 12.9. The Morgan fingerprint density at radius 2 is 1.78 bits per heavy atom. The highest BCUT2D eigenvalue weighted by Gasteiger charge is 2.22. The van der Waals surface area contributed by atoms with Gasteiger partial charge in [0.2, 0.25) is 5.91 Å². The number of halogens is 3. The van der Waals surface area contributed by atoms with Crippen LogP contribution in [0.5, 0.6) is 0 Å². The molecule has 0 fully saturated rings. The highest BCUT2D eigenvalue weighted by Crippen LogP contribution is 2.29. The minimum atomic E-state index is -0.270. The van der Waals surface area contributed by atoms with E-state index in [4.69, 9.17) is 23.2 Å². The Morgan fingerprint density at radius 3 is 2.39 bits per heavy atom. The lowest BCUT2D eigenvalue weighted by Crippen LogP contribution is -2.32. The molecule has 0 unspecified atom stereocenters. The van der Waals surface area contributed by atoms with Gasteiger partial charge in [-0.2, -0.15) is 0 Å². The van der Waals surface area contributed by atoms with Gasteiger partial charge in [-0.15, -0.1) is 0 Å². The van der Waals surface area contributed by atoms with Crippen LogP contribution in [-0.4, -0.2) is 23.6 Å². The van der Waals surface area contributed by atoms with Crippen LogP contribution >= 0.6 is 39.1 Å². The Morgan fingerprint density at radius 1 is 1.09 bits per heavy atom. The quantitative estimate of drug-likeness (QED) is 0.511. The van der Waals surface area contributed by atoms with Gasteiger partial charge in [0.25, 0.3) is 0 Å². The summed E-state index contributed by atoms with van der Waals surface area (Å²) in [5.74, 6) is -0.406. The molecule has 1 amide bonds. The van der Waals surface area contributed by atoms with Crippen molar-refractivity contribution in [3.8, 4) is 0 Å². The Kier molecular flexibility index (Phi) is 6.22. The summed E-state index contributed by atoms with van der Waals surface area (Å²) in [5.41, 5.74) is 1.24. The number of hydrogen-bond acceptors (Lipinski definition) is 2. The summed E-state index contributed by atoms with van der Waals surface area (Å²) in [6, 6.07) is 11.7. The maximum atomic E-state index is 12.9. The van der Waals surface area contributed by atoms with Crippen molar-refractivity contribution in [2.75, 3.05) is 16.8 Å². The van der Waals surface area contributed by atoms with Crippen LogP contribution in [0.15, 0.2) is 42.5 Å². The number of rotatable bonds is 5. The second-order valence-electron chi connectivity index (χ2n) is 4.74. The van der Waals surface area contributed by atoms with Crippen molar-refractivity contribution in [3.63, 3.8) is 0 Å². The Hall–Kier alpha value is -1.36. The molecule has 0 bridgehead atoms. The summed E-state index contributed by atoms with van der Waals surface area (Å²) < 4.78 is 0. The van der Waals surface area contributed by atoms with Gasteiger partial charge in [-0.1, -0.05) is 51.3 Å². The molecular weight excluding hydrogens is 401 g/mol. The zero-order chi connectivity index (χ0) is 17.0. The van der Waals surface area contributed by atoms with E-state index >= 15 is 0 Å². The zero-order valence-electron chi connectivity index (χ0n) is 12.4. The number of ketones is 1. The normalized spacial score (nSPS) is 10.4.